The van der Waals surface area contributed by atoms with Crippen molar-refractivity contribution in [1.29, 1.82) is 0 Å². The van der Waals surface area contributed by atoms with Gasteiger partial charge in [0.1, 0.15) is 0 Å². The van der Waals surface area contributed by atoms with Crippen molar-refractivity contribution in [3.63, 3.8) is 0 Å². The summed E-state index contributed by atoms with van der Waals surface area (Å²) in [4.78, 5) is 0. The molecule has 2 atom stereocenters. The first kappa shape index (κ1) is 20.2. The molecular formula is C21H21BrF3N3O. The number of nitrogens with one attached hydrogen (secondary N) is 2. The van der Waals surface area contributed by atoms with Crippen LogP contribution in [-0.4, -0.2) is 27.1 Å². The number of aromatic amines is 1. The van der Waals surface area contributed by atoms with Crippen LogP contribution in [0.3, 0.4) is 0 Å². The summed E-state index contributed by atoms with van der Waals surface area (Å²) in [5.41, 5.74) is -1.32. The molecule has 0 saturated carbocycles. The Morgan fingerprint density at radius 1 is 1.21 bits per heavy atom. The van der Waals surface area contributed by atoms with E-state index in [0.29, 0.717) is 28.6 Å². The van der Waals surface area contributed by atoms with Gasteiger partial charge in [-0.3, -0.25) is 5.10 Å². The van der Waals surface area contributed by atoms with Crippen LogP contribution >= 0.6 is 15.9 Å². The lowest BCUT2D eigenvalue weighted by molar-refractivity contribution is -0.275. The normalized spacial score (nSPS) is 24.2. The summed E-state index contributed by atoms with van der Waals surface area (Å²) in [6.07, 6.45) is -3.27. The Balaban J connectivity index is 1.94. The third kappa shape index (κ3) is 3.42. The van der Waals surface area contributed by atoms with Crippen molar-refractivity contribution in [2.45, 2.75) is 44.5 Å². The van der Waals surface area contributed by atoms with Crippen LogP contribution in [0.2, 0.25) is 0 Å². The molecule has 0 fully saturated rings. The summed E-state index contributed by atoms with van der Waals surface area (Å²) in [5.74, 6) is 0. The second kappa shape index (κ2) is 6.74. The predicted molar refractivity (Wildman–Crippen MR) is 110 cm³/mol. The molecule has 0 bridgehead atoms. The van der Waals surface area contributed by atoms with E-state index in [-0.39, 0.29) is 0 Å². The van der Waals surface area contributed by atoms with Gasteiger partial charge in [0.2, 0.25) is 0 Å². The number of hydrogen-bond donors (Lipinski definition) is 3. The maximum absolute atomic E-state index is 14.3. The van der Waals surface area contributed by atoms with E-state index in [1.807, 2.05) is 6.07 Å². The molecule has 29 heavy (non-hydrogen) atoms. The maximum Gasteiger partial charge on any atom is 0.419 e. The smallest absolute Gasteiger partial charge is 0.379 e. The van der Waals surface area contributed by atoms with Crippen LogP contribution in [0.1, 0.15) is 37.4 Å². The van der Waals surface area contributed by atoms with E-state index in [9.17, 15) is 18.3 Å². The fourth-order valence-corrected chi connectivity index (χ4v) is 4.89. The Morgan fingerprint density at radius 2 is 1.93 bits per heavy atom. The molecule has 3 N–H and O–H groups in total. The molecule has 154 valence electrons. The van der Waals surface area contributed by atoms with Crippen LogP contribution < -0.4 is 5.32 Å². The molecule has 0 amide bonds. The average molecular weight is 468 g/mol. The van der Waals surface area contributed by atoms with Gasteiger partial charge in [-0.25, -0.2) is 0 Å². The molecule has 2 aromatic carbocycles. The number of aliphatic hydroxyl groups is 1. The first-order valence-corrected chi connectivity index (χ1v) is 10.1. The minimum atomic E-state index is -4.82. The fraction of sp³-hybridized carbons (Fsp3) is 0.381. The standard InChI is InChI=1S/C21H21BrF3N3O/c1-19(2)9-13-12(5-3-6-15(13)22)18(20(29,11-19)21(23,24)25)27-16-7-4-8-17-14(16)10-26-28-17/h3-8,10,18,27,29H,9,11H2,1-2H3,(H,26,28). The van der Waals surface area contributed by atoms with Crippen molar-refractivity contribution in [1.82, 2.24) is 10.2 Å². The number of H-pyrrole nitrogens is 1. The number of alkyl halides is 3. The van der Waals surface area contributed by atoms with E-state index < -0.39 is 29.7 Å². The van der Waals surface area contributed by atoms with Crippen molar-refractivity contribution in [3.05, 3.63) is 58.2 Å². The molecule has 0 saturated heterocycles. The lowest BCUT2D eigenvalue weighted by Gasteiger charge is -2.41. The van der Waals surface area contributed by atoms with E-state index in [2.05, 4.69) is 31.4 Å². The molecule has 1 aromatic heterocycles. The molecule has 4 rings (SSSR count). The Morgan fingerprint density at radius 3 is 2.66 bits per heavy atom. The summed E-state index contributed by atoms with van der Waals surface area (Å²) in [6.45, 7) is 3.51. The topological polar surface area (TPSA) is 60.9 Å². The van der Waals surface area contributed by atoms with Gasteiger partial charge in [-0.05, 0) is 47.6 Å². The van der Waals surface area contributed by atoms with E-state index >= 15 is 0 Å². The number of anilines is 1. The summed E-state index contributed by atoms with van der Waals surface area (Å²) in [7, 11) is 0. The maximum atomic E-state index is 14.3. The number of hydrogen-bond acceptors (Lipinski definition) is 3. The molecule has 3 aromatic rings. The van der Waals surface area contributed by atoms with Crippen LogP contribution in [0.25, 0.3) is 10.9 Å². The number of halogens is 4. The molecule has 8 heteroatoms. The van der Waals surface area contributed by atoms with Crippen molar-refractivity contribution >= 4 is 32.5 Å². The van der Waals surface area contributed by atoms with E-state index in [1.54, 1.807) is 50.4 Å². The first-order chi connectivity index (χ1) is 13.5. The molecule has 1 aliphatic carbocycles. The second-order valence-corrected chi connectivity index (χ2v) is 9.32. The van der Waals surface area contributed by atoms with Crippen molar-refractivity contribution in [2.75, 3.05) is 5.32 Å². The van der Waals surface area contributed by atoms with E-state index in [1.165, 1.54) is 0 Å². The third-order valence-electron chi connectivity index (χ3n) is 5.62. The molecule has 4 nitrogen and oxygen atoms in total. The number of aromatic nitrogens is 2. The minimum Gasteiger partial charge on any atom is -0.379 e. The number of nitrogens with zero attached hydrogens (tertiary/aromatic N) is 1. The van der Waals surface area contributed by atoms with Gasteiger partial charge < -0.3 is 10.4 Å². The van der Waals surface area contributed by atoms with Crippen molar-refractivity contribution in [2.24, 2.45) is 5.41 Å². The van der Waals surface area contributed by atoms with Crippen LogP contribution in [0.5, 0.6) is 0 Å². The van der Waals surface area contributed by atoms with Crippen molar-refractivity contribution < 1.29 is 18.3 Å². The van der Waals surface area contributed by atoms with Gasteiger partial charge in [-0.15, -0.1) is 0 Å². The molecule has 1 heterocycles. The summed E-state index contributed by atoms with van der Waals surface area (Å²) >= 11 is 3.50. The Kier molecular flexibility index (Phi) is 4.70. The highest BCUT2D eigenvalue weighted by molar-refractivity contribution is 9.10. The fourth-order valence-electron chi connectivity index (χ4n) is 4.37. The lowest BCUT2D eigenvalue weighted by atomic mass is 9.76. The van der Waals surface area contributed by atoms with Crippen LogP contribution in [0.15, 0.2) is 47.1 Å². The highest BCUT2D eigenvalue weighted by Gasteiger charge is 2.62. The molecule has 2 unspecified atom stereocenters. The monoisotopic (exact) mass is 467 g/mol. The Bertz CT molecular complexity index is 1060. The molecule has 0 radical (unpaired) electrons. The van der Waals surface area contributed by atoms with Crippen LogP contribution in [0, 0.1) is 5.41 Å². The number of fused-ring (bicyclic) bond motifs is 2. The number of benzene rings is 2. The molecule has 0 spiro atoms. The molecule has 1 aliphatic rings. The Labute approximate surface area is 174 Å². The summed E-state index contributed by atoms with van der Waals surface area (Å²) in [6, 6.07) is 9.03. The van der Waals surface area contributed by atoms with Crippen molar-refractivity contribution in [3.8, 4) is 0 Å². The highest BCUT2D eigenvalue weighted by Crippen LogP contribution is 2.53. The van der Waals surface area contributed by atoms with Gasteiger partial charge in [-0.2, -0.15) is 18.3 Å². The highest BCUT2D eigenvalue weighted by atomic mass is 79.9. The Hall–Kier alpha value is -2.06. The van der Waals surface area contributed by atoms with Gasteiger partial charge in [0.15, 0.2) is 5.60 Å². The van der Waals surface area contributed by atoms with Gasteiger partial charge in [0.05, 0.1) is 17.8 Å². The number of rotatable bonds is 2. The zero-order valence-electron chi connectivity index (χ0n) is 15.9. The molecule has 0 aliphatic heterocycles. The largest absolute Gasteiger partial charge is 0.419 e. The second-order valence-electron chi connectivity index (χ2n) is 8.46. The summed E-state index contributed by atoms with van der Waals surface area (Å²) in [5, 5.41) is 21.7. The quantitative estimate of drug-likeness (QED) is 0.420. The lowest BCUT2D eigenvalue weighted by Crippen LogP contribution is -2.54. The predicted octanol–water partition coefficient (Wildman–Crippen LogP) is 5.74. The van der Waals surface area contributed by atoms with Gasteiger partial charge in [0, 0.05) is 15.5 Å². The minimum absolute atomic E-state index is 0.413. The van der Waals surface area contributed by atoms with Gasteiger partial charge >= 0.3 is 6.18 Å². The van der Waals surface area contributed by atoms with Crippen LogP contribution in [-0.2, 0) is 6.42 Å². The zero-order valence-corrected chi connectivity index (χ0v) is 17.5. The third-order valence-corrected chi connectivity index (χ3v) is 6.37. The van der Waals surface area contributed by atoms with E-state index in [0.717, 1.165) is 10.0 Å². The zero-order chi connectivity index (χ0) is 21.0. The van der Waals surface area contributed by atoms with Crippen LogP contribution in [0.4, 0.5) is 18.9 Å². The van der Waals surface area contributed by atoms with E-state index in [4.69, 9.17) is 0 Å². The van der Waals surface area contributed by atoms with Gasteiger partial charge in [0.25, 0.3) is 0 Å². The first-order valence-electron chi connectivity index (χ1n) is 9.27. The SMILES string of the molecule is CC1(C)Cc2c(Br)cccc2C(Nc2cccc3[nH]ncc23)C(O)(C(F)(F)F)C1. The summed E-state index contributed by atoms with van der Waals surface area (Å²) < 4.78 is 43.7. The molecular weight excluding hydrogens is 447 g/mol. The average Bonchev–Trinajstić information content (AvgIpc) is 3.06. The van der Waals surface area contributed by atoms with Gasteiger partial charge in [-0.1, -0.05) is 48.0 Å².